The van der Waals surface area contributed by atoms with E-state index in [1.807, 2.05) is 43.0 Å². The molecule has 0 saturated carbocycles. The maximum Gasteiger partial charge on any atom is 0.257 e. The minimum atomic E-state index is -0.514. The Kier molecular flexibility index (Phi) is 5.07. The summed E-state index contributed by atoms with van der Waals surface area (Å²) in [6, 6.07) is 7.46. The van der Waals surface area contributed by atoms with Gasteiger partial charge < -0.3 is 19.1 Å². The molecule has 25 heavy (non-hydrogen) atoms. The molecule has 0 unspecified atom stereocenters. The summed E-state index contributed by atoms with van der Waals surface area (Å²) >= 11 is 0. The lowest BCUT2D eigenvalue weighted by Gasteiger charge is -2.47. The summed E-state index contributed by atoms with van der Waals surface area (Å²) in [4.78, 5) is 14.8. The number of para-hydroxylation sites is 1. The number of benzene rings is 1. The van der Waals surface area contributed by atoms with E-state index in [-0.39, 0.29) is 17.4 Å². The second kappa shape index (κ2) is 6.96. The number of carbonyl (C=O) groups is 1. The number of piperidine rings is 1. The van der Waals surface area contributed by atoms with E-state index >= 15 is 0 Å². The van der Waals surface area contributed by atoms with Crippen LogP contribution in [0.25, 0.3) is 0 Å². The Hall–Kier alpha value is -1.59. The second-order valence-electron chi connectivity index (χ2n) is 8.11. The Morgan fingerprint density at radius 3 is 2.32 bits per heavy atom. The van der Waals surface area contributed by atoms with Gasteiger partial charge in [-0.3, -0.25) is 4.79 Å². The predicted molar refractivity (Wildman–Crippen MR) is 95.8 cm³/mol. The fourth-order valence-corrected chi connectivity index (χ4v) is 3.25. The van der Waals surface area contributed by atoms with Gasteiger partial charge in [-0.15, -0.1) is 0 Å². The van der Waals surface area contributed by atoms with Crippen molar-refractivity contribution in [3.63, 3.8) is 0 Å². The lowest BCUT2D eigenvalue weighted by atomic mass is 9.92. The van der Waals surface area contributed by atoms with Gasteiger partial charge in [0, 0.05) is 31.3 Å². The zero-order chi connectivity index (χ0) is 18.1. The average molecular weight is 347 g/mol. The molecule has 0 atom stereocenters. The van der Waals surface area contributed by atoms with Crippen LogP contribution in [0, 0.1) is 5.41 Å². The highest BCUT2D eigenvalue weighted by atomic mass is 16.7. The number of hydrogen-bond donors (Lipinski definition) is 0. The lowest BCUT2D eigenvalue weighted by molar-refractivity contribution is -0.311. The number of amides is 1. The van der Waals surface area contributed by atoms with Crippen LogP contribution in [0.5, 0.6) is 5.75 Å². The zero-order valence-corrected chi connectivity index (χ0v) is 15.7. The van der Waals surface area contributed by atoms with Gasteiger partial charge in [0.25, 0.3) is 5.91 Å². The van der Waals surface area contributed by atoms with Crippen LogP contribution in [-0.4, -0.2) is 49.0 Å². The standard InChI is InChI=1S/C20H29NO4/c1-15(2)25-17-8-6-5-7-16(17)18(22)21-11-9-20(10-12-21)23-13-19(3,4)14-24-20/h5-8,15H,9-14H2,1-4H3. The van der Waals surface area contributed by atoms with E-state index in [4.69, 9.17) is 14.2 Å². The van der Waals surface area contributed by atoms with Crippen molar-refractivity contribution >= 4 is 5.91 Å². The smallest absolute Gasteiger partial charge is 0.257 e. The van der Waals surface area contributed by atoms with Crippen molar-refractivity contribution in [1.82, 2.24) is 4.90 Å². The summed E-state index contributed by atoms with van der Waals surface area (Å²) in [6.07, 6.45) is 1.45. The molecule has 1 spiro atoms. The highest BCUT2D eigenvalue weighted by molar-refractivity contribution is 5.97. The SMILES string of the molecule is CC(C)Oc1ccccc1C(=O)N1CCC2(CC1)OCC(C)(C)CO2. The number of rotatable bonds is 3. The third-order valence-corrected chi connectivity index (χ3v) is 4.74. The molecule has 138 valence electrons. The fraction of sp³-hybridized carbons (Fsp3) is 0.650. The van der Waals surface area contributed by atoms with Gasteiger partial charge in [-0.25, -0.2) is 0 Å². The van der Waals surface area contributed by atoms with Gasteiger partial charge in [0.1, 0.15) is 5.75 Å². The van der Waals surface area contributed by atoms with Crippen LogP contribution in [0.3, 0.4) is 0 Å². The second-order valence-corrected chi connectivity index (χ2v) is 8.11. The highest BCUT2D eigenvalue weighted by Crippen LogP contribution is 2.36. The Morgan fingerprint density at radius 1 is 1.12 bits per heavy atom. The number of nitrogens with zero attached hydrogens (tertiary/aromatic N) is 1. The molecular formula is C20H29NO4. The Labute approximate surface area is 150 Å². The first-order valence-electron chi connectivity index (χ1n) is 9.13. The fourth-order valence-electron chi connectivity index (χ4n) is 3.25. The zero-order valence-electron chi connectivity index (χ0n) is 15.7. The van der Waals surface area contributed by atoms with Gasteiger partial charge in [0.05, 0.1) is 24.9 Å². The van der Waals surface area contributed by atoms with Crippen LogP contribution in [-0.2, 0) is 9.47 Å². The van der Waals surface area contributed by atoms with Crippen LogP contribution in [0.15, 0.2) is 24.3 Å². The first kappa shape index (κ1) is 18.2. The van der Waals surface area contributed by atoms with E-state index in [1.165, 1.54) is 0 Å². The van der Waals surface area contributed by atoms with Crippen LogP contribution in [0.1, 0.15) is 50.9 Å². The van der Waals surface area contributed by atoms with Crippen LogP contribution >= 0.6 is 0 Å². The number of ether oxygens (including phenoxy) is 3. The molecule has 0 aromatic heterocycles. The van der Waals surface area contributed by atoms with E-state index in [0.29, 0.717) is 50.5 Å². The molecule has 5 heteroatoms. The molecule has 2 fully saturated rings. The molecule has 0 bridgehead atoms. The minimum Gasteiger partial charge on any atom is -0.490 e. The van der Waals surface area contributed by atoms with Gasteiger partial charge >= 0.3 is 0 Å². The minimum absolute atomic E-state index is 0.0160. The molecule has 2 aliphatic rings. The summed E-state index contributed by atoms with van der Waals surface area (Å²) in [6.45, 7) is 10.9. The van der Waals surface area contributed by atoms with Gasteiger partial charge in [0.15, 0.2) is 5.79 Å². The van der Waals surface area contributed by atoms with E-state index in [2.05, 4.69) is 13.8 Å². The van der Waals surface area contributed by atoms with Crippen molar-refractivity contribution in [3.8, 4) is 5.75 Å². The molecular weight excluding hydrogens is 318 g/mol. The molecule has 0 N–H and O–H groups in total. The molecule has 0 radical (unpaired) electrons. The van der Waals surface area contributed by atoms with E-state index in [1.54, 1.807) is 0 Å². The molecule has 3 rings (SSSR count). The third-order valence-electron chi connectivity index (χ3n) is 4.74. The molecule has 0 aliphatic carbocycles. The van der Waals surface area contributed by atoms with E-state index in [9.17, 15) is 4.79 Å². The largest absolute Gasteiger partial charge is 0.490 e. The van der Waals surface area contributed by atoms with E-state index in [0.717, 1.165) is 0 Å². The number of carbonyl (C=O) groups excluding carboxylic acids is 1. The average Bonchev–Trinajstić information content (AvgIpc) is 2.58. The Morgan fingerprint density at radius 2 is 1.72 bits per heavy atom. The first-order chi connectivity index (χ1) is 11.8. The summed E-state index contributed by atoms with van der Waals surface area (Å²) in [5, 5.41) is 0. The quantitative estimate of drug-likeness (QED) is 0.840. The van der Waals surface area contributed by atoms with Crippen molar-refractivity contribution < 1.29 is 19.0 Å². The number of hydrogen-bond acceptors (Lipinski definition) is 4. The van der Waals surface area contributed by atoms with Gasteiger partial charge in [-0.1, -0.05) is 26.0 Å². The lowest BCUT2D eigenvalue weighted by Crippen LogP contribution is -2.54. The third kappa shape index (κ3) is 4.15. The maximum absolute atomic E-state index is 12.9. The highest BCUT2D eigenvalue weighted by Gasteiger charge is 2.43. The van der Waals surface area contributed by atoms with Crippen LogP contribution < -0.4 is 4.74 Å². The predicted octanol–water partition coefficient (Wildman–Crippen LogP) is 3.48. The van der Waals surface area contributed by atoms with Gasteiger partial charge in [-0.05, 0) is 26.0 Å². The van der Waals surface area contributed by atoms with Crippen LogP contribution in [0.2, 0.25) is 0 Å². The normalized spacial score (nSPS) is 22.2. The topological polar surface area (TPSA) is 48.0 Å². The molecule has 1 aromatic rings. The molecule has 2 saturated heterocycles. The summed E-state index contributed by atoms with van der Waals surface area (Å²) in [5.74, 6) is 0.150. The number of likely N-dealkylation sites (tertiary alicyclic amines) is 1. The van der Waals surface area contributed by atoms with Crippen molar-refractivity contribution in [3.05, 3.63) is 29.8 Å². The monoisotopic (exact) mass is 347 g/mol. The van der Waals surface area contributed by atoms with Gasteiger partial charge in [-0.2, -0.15) is 0 Å². The molecule has 5 nitrogen and oxygen atoms in total. The first-order valence-corrected chi connectivity index (χ1v) is 9.13. The summed E-state index contributed by atoms with van der Waals surface area (Å²) in [7, 11) is 0. The molecule has 1 aromatic carbocycles. The maximum atomic E-state index is 12.9. The molecule has 1 amide bonds. The summed E-state index contributed by atoms with van der Waals surface area (Å²) in [5.41, 5.74) is 0.685. The van der Waals surface area contributed by atoms with E-state index < -0.39 is 5.79 Å². The Balaban J connectivity index is 1.65. The molecule has 2 aliphatic heterocycles. The van der Waals surface area contributed by atoms with Crippen LogP contribution in [0.4, 0.5) is 0 Å². The van der Waals surface area contributed by atoms with Crippen molar-refractivity contribution in [1.29, 1.82) is 0 Å². The van der Waals surface area contributed by atoms with Crippen molar-refractivity contribution in [2.45, 2.75) is 52.4 Å². The van der Waals surface area contributed by atoms with Crippen molar-refractivity contribution in [2.24, 2.45) is 5.41 Å². The Bertz CT molecular complexity index is 606. The summed E-state index contributed by atoms with van der Waals surface area (Å²) < 4.78 is 17.9. The van der Waals surface area contributed by atoms with Gasteiger partial charge in [0.2, 0.25) is 0 Å². The van der Waals surface area contributed by atoms with Crippen molar-refractivity contribution in [2.75, 3.05) is 26.3 Å². The molecule has 2 heterocycles.